The van der Waals surface area contributed by atoms with Gasteiger partial charge < -0.3 is 10.6 Å². The van der Waals surface area contributed by atoms with E-state index in [1.165, 1.54) is 4.31 Å². The molecule has 0 atom stereocenters. The summed E-state index contributed by atoms with van der Waals surface area (Å²) in [7, 11) is -3.33. The van der Waals surface area contributed by atoms with E-state index in [4.69, 9.17) is 5.73 Å². The lowest BCUT2D eigenvalue weighted by Crippen LogP contribution is -2.42. The van der Waals surface area contributed by atoms with Gasteiger partial charge in [0.2, 0.25) is 15.9 Å². The summed E-state index contributed by atoms with van der Waals surface area (Å²) in [6.45, 7) is 3.27. The van der Waals surface area contributed by atoms with Crippen LogP contribution >= 0.6 is 0 Å². The van der Waals surface area contributed by atoms with Gasteiger partial charge in [0.25, 0.3) is 5.91 Å². The van der Waals surface area contributed by atoms with Crippen molar-refractivity contribution in [2.75, 3.05) is 29.7 Å². The molecule has 8 heteroatoms. The second-order valence-corrected chi connectivity index (χ2v) is 9.08. The van der Waals surface area contributed by atoms with Crippen molar-refractivity contribution in [2.45, 2.75) is 32.6 Å². The Kier molecular flexibility index (Phi) is 5.22. The van der Waals surface area contributed by atoms with Crippen molar-refractivity contribution < 1.29 is 18.0 Å². The van der Waals surface area contributed by atoms with Gasteiger partial charge in [0.1, 0.15) is 0 Å². The Labute approximate surface area is 154 Å². The molecule has 0 unspecified atom stereocenters. The summed E-state index contributed by atoms with van der Waals surface area (Å²) >= 11 is 0. The van der Waals surface area contributed by atoms with Crippen molar-refractivity contribution in [1.82, 2.24) is 4.90 Å². The smallest absolute Gasteiger partial charge is 0.253 e. The average molecular weight is 379 g/mol. The molecule has 2 heterocycles. The van der Waals surface area contributed by atoms with E-state index in [0.717, 1.165) is 12.0 Å². The maximum absolute atomic E-state index is 12.8. The van der Waals surface area contributed by atoms with Gasteiger partial charge in [-0.2, -0.15) is 0 Å². The molecule has 1 aromatic rings. The number of anilines is 1. The Bertz CT molecular complexity index is 814. The summed E-state index contributed by atoms with van der Waals surface area (Å²) in [5.74, 6) is -0.481. The monoisotopic (exact) mass is 379 g/mol. The number of rotatable bonds is 3. The SMILES string of the molecule is Cc1ccc(C(=O)N2CCC(C(N)=O)CC2)cc1N1CCCCS1(=O)=O. The number of benzene rings is 1. The van der Waals surface area contributed by atoms with Crippen molar-refractivity contribution in [2.24, 2.45) is 11.7 Å². The van der Waals surface area contributed by atoms with Gasteiger partial charge in [0, 0.05) is 31.1 Å². The molecule has 7 nitrogen and oxygen atoms in total. The first kappa shape index (κ1) is 18.7. The maximum atomic E-state index is 12.8. The van der Waals surface area contributed by atoms with Crippen molar-refractivity contribution in [3.8, 4) is 0 Å². The highest BCUT2D eigenvalue weighted by atomic mass is 32.2. The average Bonchev–Trinajstić information content (AvgIpc) is 2.62. The predicted octanol–water partition coefficient (Wildman–Crippen LogP) is 1.26. The number of nitrogens with zero attached hydrogens (tertiary/aromatic N) is 2. The van der Waals surface area contributed by atoms with Crippen LogP contribution in [0, 0.1) is 12.8 Å². The zero-order chi connectivity index (χ0) is 18.9. The number of hydrogen-bond acceptors (Lipinski definition) is 4. The fraction of sp³-hybridized carbons (Fsp3) is 0.556. The number of likely N-dealkylation sites (tertiary alicyclic amines) is 1. The van der Waals surface area contributed by atoms with E-state index in [1.54, 1.807) is 23.1 Å². The van der Waals surface area contributed by atoms with Crippen molar-refractivity contribution in [1.29, 1.82) is 0 Å². The number of aryl methyl sites for hydroxylation is 1. The van der Waals surface area contributed by atoms with Crippen LogP contribution < -0.4 is 10.0 Å². The minimum absolute atomic E-state index is 0.136. The lowest BCUT2D eigenvalue weighted by atomic mass is 9.95. The molecule has 2 aliphatic heterocycles. The number of hydrogen-bond donors (Lipinski definition) is 1. The third-order valence-corrected chi connectivity index (χ3v) is 7.11. The summed E-state index contributed by atoms with van der Waals surface area (Å²) < 4.78 is 26.2. The molecular formula is C18H25N3O4S. The number of amides is 2. The molecule has 0 spiro atoms. The van der Waals surface area contributed by atoms with Crippen LogP contribution in [0.4, 0.5) is 5.69 Å². The van der Waals surface area contributed by atoms with Crippen LogP contribution in [0.3, 0.4) is 0 Å². The van der Waals surface area contributed by atoms with Gasteiger partial charge in [0.05, 0.1) is 11.4 Å². The van der Waals surface area contributed by atoms with Gasteiger partial charge in [-0.05, 0) is 50.3 Å². The van der Waals surface area contributed by atoms with Gasteiger partial charge in [-0.25, -0.2) is 8.42 Å². The van der Waals surface area contributed by atoms with Crippen LogP contribution in [-0.4, -0.2) is 50.5 Å². The molecular weight excluding hydrogens is 354 g/mol. The van der Waals surface area contributed by atoms with Crippen LogP contribution in [0.25, 0.3) is 0 Å². The summed E-state index contributed by atoms with van der Waals surface area (Å²) in [4.78, 5) is 25.8. The number of nitrogens with two attached hydrogens (primary N) is 1. The van der Waals surface area contributed by atoms with Gasteiger partial charge >= 0.3 is 0 Å². The number of primary amides is 1. The first-order valence-electron chi connectivity index (χ1n) is 8.99. The third-order valence-electron chi connectivity index (χ3n) is 5.26. The van der Waals surface area contributed by atoms with Gasteiger partial charge in [-0.3, -0.25) is 13.9 Å². The van der Waals surface area contributed by atoms with E-state index in [0.29, 0.717) is 50.1 Å². The Hall–Kier alpha value is -2.09. The van der Waals surface area contributed by atoms with Gasteiger partial charge in [-0.15, -0.1) is 0 Å². The number of carbonyl (C=O) groups is 2. The molecule has 0 saturated carbocycles. The Morgan fingerprint density at radius 3 is 2.42 bits per heavy atom. The predicted molar refractivity (Wildman–Crippen MR) is 99.4 cm³/mol. The second-order valence-electron chi connectivity index (χ2n) is 7.07. The number of carbonyl (C=O) groups excluding carboxylic acids is 2. The fourth-order valence-corrected chi connectivity index (χ4v) is 5.31. The van der Waals surface area contributed by atoms with E-state index in [9.17, 15) is 18.0 Å². The fourth-order valence-electron chi connectivity index (χ4n) is 3.62. The molecule has 142 valence electrons. The third kappa shape index (κ3) is 3.70. The molecule has 2 aliphatic rings. The number of sulfonamides is 1. The Balaban J connectivity index is 1.81. The second kappa shape index (κ2) is 7.26. The highest BCUT2D eigenvalue weighted by Crippen LogP contribution is 2.29. The van der Waals surface area contributed by atoms with Crippen LogP contribution in [0.1, 0.15) is 41.6 Å². The van der Waals surface area contributed by atoms with Gasteiger partial charge in [-0.1, -0.05) is 6.07 Å². The molecule has 3 rings (SSSR count). The summed E-state index contributed by atoms with van der Waals surface area (Å²) in [6, 6.07) is 5.21. The van der Waals surface area contributed by atoms with E-state index < -0.39 is 10.0 Å². The molecule has 2 fully saturated rings. The summed E-state index contributed by atoms with van der Waals surface area (Å²) in [5.41, 5.74) is 7.23. The largest absolute Gasteiger partial charge is 0.369 e. The van der Waals surface area contributed by atoms with Crippen LogP contribution in [0.5, 0.6) is 0 Å². The van der Waals surface area contributed by atoms with E-state index in [1.807, 2.05) is 6.92 Å². The first-order chi connectivity index (χ1) is 12.3. The molecule has 1 aromatic carbocycles. The zero-order valence-electron chi connectivity index (χ0n) is 15.0. The lowest BCUT2D eigenvalue weighted by molar-refractivity contribution is -0.123. The molecule has 26 heavy (non-hydrogen) atoms. The van der Waals surface area contributed by atoms with E-state index in [-0.39, 0.29) is 23.5 Å². The zero-order valence-corrected chi connectivity index (χ0v) is 15.8. The molecule has 2 amide bonds. The quantitative estimate of drug-likeness (QED) is 0.854. The minimum Gasteiger partial charge on any atom is -0.369 e. The van der Waals surface area contributed by atoms with Crippen molar-refractivity contribution in [3.05, 3.63) is 29.3 Å². The molecule has 2 N–H and O–H groups in total. The molecule has 0 bridgehead atoms. The molecule has 2 saturated heterocycles. The highest BCUT2D eigenvalue weighted by molar-refractivity contribution is 7.92. The van der Waals surface area contributed by atoms with Crippen molar-refractivity contribution >= 4 is 27.5 Å². The molecule has 0 aliphatic carbocycles. The lowest BCUT2D eigenvalue weighted by Gasteiger charge is -2.32. The number of piperidine rings is 1. The summed E-state index contributed by atoms with van der Waals surface area (Å²) in [5, 5.41) is 0. The summed E-state index contributed by atoms with van der Waals surface area (Å²) in [6.07, 6.45) is 2.63. The van der Waals surface area contributed by atoms with Crippen LogP contribution in [-0.2, 0) is 14.8 Å². The van der Waals surface area contributed by atoms with Crippen molar-refractivity contribution in [3.63, 3.8) is 0 Å². The first-order valence-corrected chi connectivity index (χ1v) is 10.6. The van der Waals surface area contributed by atoms with E-state index in [2.05, 4.69) is 0 Å². The Morgan fingerprint density at radius 2 is 1.81 bits per heavy atom. The Morgan fingerprint density at radius 1 is 1.12 bits per heavy atom. The minimum atomic E-state index is -3.33. The van der Waals surface area contributed by atoms with Gasteiger partial charge in [0.15, 0.2) is 0 Å². The highest BCUT2D eigenvalue weighted by Gasteiger charge is 2.29. The normalized spacial score (nSPS) is 20.8. The van der Waals surface area contributed by atoms with Crippen LogP contribution in [0.15, 0.2) is 18.2 Å². The van der Waals surface area contributed by atoms with Crippen LogP contribution in [0.2, 0.25) is 0 Å². The standard InChI is InChI=1S/C18H25N3O4S/c1-13-4-5-15(12-16(13)21-8-2-3-11-26(21,24)25)18(23)20-9-6-14(7-10-20)17(19)22/h4-5,12,14H,2-3,6-11H2,1H3,(H2,19,22). The molecule has 0 aromatic heterocycles. The maximum Gasteiger partial charge on any atom is 0.253 e. The topological polar surface area (TPSA) is 101 Å². The molecule has 0 radical (unpaired) electrons. The van der Waals surface area contributed by atoms with E-state index >= 15 is 0 Å².